The Kier molecular flexibility index (Phi) is 3.93. The minimum absolute atomic E-state index is 0.0168. The van der Waals surface area contributed by atoms with Crippen LogP contribution in [0.5, 0.6) is 0 Å². The van der Waals surface area contributed by atoms with Crippen molar-refractivity contribution in [3.8, 4) is 0 Å². The second kappa shape index (κ2) is 4.84. The van der Waals surface area contributed by atoms with Crippen molar-refractivity contribution in [3.63, 3.8) is 0 Å². The number of hydrogen-bond acceptors (Lipinski definition) is 3. The summed E-state index contributed by atoms with van der Waals surface area (Å²) in [7, 11) is -3.40. The number of hydrogen-bond donors (Lipinski definition) is 2. The van der Waals surface area contributed by atoms with E-state index in [-0.39, 0.29) is 17.0 Å². The molecule has 0 heterocycles. The molecule has 1 aromatic rings. The van der Waals surface area contributed by atoms with E-state index in [9.17, 15) is 13.2 Å². The number of carboxylic acids is 1. The molecule has 1 aromatic carbocycles. The van der Waals surface area contributed by atoms with Crippen molar-refractivity contribution in [1.82, 2.24) is 0 Å². The van der Waals surface area contributed by atoms with Gasteiger partial charge in [0.25, 0.3) is 0 Å². The first-order chi connectivity index (χ1) is 7.34. The summed E-state index contributed by atoms with van der Waals surface area (Å²) in [6.07, 6.45) is 0. The molecular formula is C9H10BrNO4S. The van der Waals surface area contributed by atoms with E-state index in [2.05, 4.69) is 20.7 Å². The highest BCUT2D eigenvalue weighted by molar-refractivity contribution is 9.10. The van der Waals surface area contributed by atoms with Gasteiger partial charge in [0.15, 0.2) is 0 Å². The lowest BCUT2D eigenvalue weighted by atomic mass is 10.2. The van der Waals surface area contributed by atoms with Gasteiger partial charge in [0.05, 0.1) is 17.0 Å². The van der Waals surface area contributed by atoms with Crippen LogP contribution in [0.2, 0.25) is 0 Å². The third kappa shape index (κ3) is 3.49. The van der Waals surface area contributed by atoms with Gasteiger partial charge in [0.2, 0.25) is 10.0 Å². The Hall–Kier alpha value is -1.08. The van der Waals surface area contributed by atoms with Crippen LogP contribution in [0.4, 0.5) is 5.69 Å². The van der Waals surface area contributed by atoms with Crippen LogP contribution in [0, 0.1) is 0 Å². The number of anilines is 1. The molecule has 0 aromatic heterocycles. The third-order valence-corrected chi connectivity index (χ3v) is 3.56. The van der Waals surface area contributed by atoms with Crippen molar-refractivity contribution in [2.75, 3.05) is 10.5 Å². The minimum atomic E-state index is -3.40. The number of carboxylic acid groups (broad SMARTS) is 1. The van der Waals surface area contributed by atoms with E-state index in [4.69, 9.17) is 5.11 Å². The molecule has 0 aliphatic rings. The van der Waals surface area contributed by atoms with Gasteiger partial charge in [-0.05, 0) is 25.1 Å². The maximum atomic E-state index is 11.3. The fourth-order valence-corrected chi connectivity index (χ4v) is 2.14. The van der Waals surface area contributed by atoms with Crippen molar-refractivity contribution < 1.29 is 18.3 Å². The molecule has 0 aliphatic heterocycles. The van der Waals surface area contributed by atoms with Crippen LogP contribution in [0.15, 0.2) is 22.7 Å². The number of rotatable bonds is 4. The summed E-state index contributed by atoms with van der Waals surface area (Å²) < 4.78 is 25.4. The monoisotopic (exact) mass is 307 g/mol. The van der Waals surface area contributed by atoms with Crippen LogP contribution >= 0.6 is 15.9 Å². The average Bonchev–Trinajstić information content (AvgIpc) is 2.16. The maximum Gasteiger partial charge on any atom is 0.335 e. The molecule has 0 aliphatic carbocycles. The summed E-state index contributed by atoms with van der Waals surface area (Å²) in [5, 5.41) is 8.79. The molecule has 0 fully saturated rings. The average molecular weight is 308 g/mol. The number of sulfonamides is 1. The lowest BCUT2D eigenvalue weighted by molar-refractivity contribution is 0.0697. The Morgan fingerprint density at radius 2 is 2.06 bits per heavy atom. The fraction of sp³-hybridized carbons (Fsp3) is 0.222. The van der Waals surface area contributed by atoms with Gasteiger partial charge < -0.3 is 5.11 Å². The molecule has 7 heteroatoms. The van der Waals surface area contributed by atoms with Crippen LogP contribution in [-0.4, -0.2) is 25.2 Å². The largest absolute Gasteiger partial charge is 0.478 e. The summed E-state index contributed by atoms with van der Waals surface area (Å²) in [5.74, 6) is -1.18. The smallest absolute Gasteiger partial charge is 0.335 e. The quantitative estimate of drug-likeness (QED) is 0.890. The normalized spacial score (nSPS) is 11.1. The molecule has 0 atom stereocenters. The van der Waals surface area contributed by atoms with E-state index in [1.165, 1.54) is 25.1 Å². The van der Waals surface area contributed by atoms with Gasteiger partial charge in [-0.15, -0.1) is 0 Å². The standard InChI is InChI=1S/C9H10BrNO4S/c1-2-16(14,15)11-8-4-6(9(12)13)3-7(10)5-8/h3-5,11H,2H2,1H3,(H,12,13). The molecule has 0 saturated heterocycles. The maximum absolute atomic E-state index is 11.3. The Balaban J connectivity index is 3.11. The highest BCUT2D eigenvalue weighted by Crippen LogP contribution is 2.20. The number of nitrogens with one attached hydrogen (secondary N) is 1. The Morgan fingerprint density at radius 1 is 1.44 bits per heavy atom. The second-order valence-corrected chi connectivity index (χ2v) is 5.97. The third-order valence-electron chi connectivity index (χ3n) is 1.80. The summed E-state index contributed by atoms with van der Waals surface area (Å²) in [6, 6.07) is 4.16. The zero-order valence-electron chi connectivity index (χ0n) is 8.40. The van der Waals surface area contributed by atoms with E-state index in [0.29, 0.717) is 4.47 Å². The Labute approximate surface area is 102 Å². The molecule has 0 spiro atoms. The number of benzene rings is 1. The predicted octanol–water partition coefficient (Wildman–Crippen LogP) is 1.91. The van der Waals surface area contributed by atoms with Crippen LogP contribution in [0.25, 0.3) is 0 Å². The first-order valence-corrected chi connectivity index (χ1v) is 6.83. The van der Waals surface area contributed by atoms with Crippen LogP contribution < -0.4 is 4.72 Å². The number of halogens is 1. The molecule has 0 amide bonds. The second-order valence-electron chi connectivity index (χ2n) is 3.04. The van der Waals surface area contributed by atoms with E-state index >= 15 is 0 Å². The van der Waals surface area contributed by atoms with E-state index in [1.54, 1.807) is 0 Å². The van der Waals surface area contributed by atoms with Crippen molar-refractivity contribution in [2.24, 2.45) is 0 Å². The van der Waals surface area contributed by atoms with Crippen molar-refractivity contribution in [2.45, 2.75) is 6.92 Å². The molecular weight excluding hydrogens is 298 g/mol. The van der Waals surface area contributed by atoms with Crippen molar-refractivity contribution in [1.29, 1.82) is 0 Å². The first kappa shape index (κ1) is 13.0. The lowest BCUT2D eigenvalue weighted by Crippen LogP contribution is -2.15. The SMILES string of the molecule is CCS(=O)(=O)Nc1cc(Br)cc(C(=O)O)c1. The van der Waals surface area contributed by atoms with Gasteiger partial charge in [-0.2, -0.15) is 0 Å². The molecule has 88 valence electrons. The highest BCUT2D eigenvalue weighted by Gasteiger charge is 2.10. The summed E-state index contributed by atoms with van der Waals surface area (Å²) >= 11 is 3.11. The van der Waals surface area contributed by atoms with Gasteiger partial charge in [0.1, 0.15) is 0 Å². The van der Waals surface area contributed by atoms with Gasteiger partial charge in [0, 0.05) is 4.47 Å². The zero-order valence-corrected chi connectivity index (χ0v) is 10.8. The predicted molar refractivity (Wildman–Crippen MR) is 64.2 cm³/mol. The number of aromatic carboxylic acids is 1. The van der Waals surface area contributed by atoms with Crippen molar-refractivity contribution in [3.05, 3.63) is 28.2 Å². The first-order valence-electron chi connectivity index (χ1n) is 4.38. The van der Waals surface area contributed by atoms with E-state index in [0.717, 1.165) is 0 Å². The van der Waals surface area contributed by atoms with Gasteiger partial charge in [-0.1, -0.05) is 15.9 Å². The molecule has 1 rings (SSSR count). The lowest BCUT2D eigenvalue weighted by Gasteiger charge is -2.07. The number of carbonyl (C=O) groups is 1. The zero-order chi connectivity index (χ0) is 12.3. The minimum Gasteiger partial charge on any atom is -0.478 e. The van der Waals surface area contributed by atoms with Crippen LogP contribution in [0.1, 0.15) is 17.3 Å². The van der Waals surface area contributed by atoms with E-state index in [1.807, 2.05) is 0 Å². The van der Waals surface area contributed by atoms with Crippen LogP contribution in [0.3, 0.4) is 0 Å². The van der Waals surface area contributed by atoms with Gasteiger partial charge >= 0.3 is 5.97 Å². The summed E-state index contributed by atoms with van der Waals surface area (Å²) in [5.41, 5.74) is 0.247. The Morgan fingerprint density at radius 3 is 2.56 bits per heavy atom. The summed E-state index contributed by atoms with van der Waals surface area (Å²) in [4.78, 5) is 10.7. The molecule has 0 radical (unpaired) electrons. The molecule has 0 unspecified atom stereocenters. The topological polar surface area (TPSA) is 83.5 Å². The van der Waals surface area contributed by atoms with Crippen molar-refractivity contribution >= 4 is 37.6 Å². The molecule has 16 heavy (non-hydrogen) atoms. The molecule has 2 N–H and O–H groups in total. The fourth-order valence-electron chi connectivity index (χ4n) is 1.02. The summed E-state index contributed by atoms with van der Waals surface area (Å²) in [6.45, 7) is 1.50. The molecule has 5 nitrogen and oxygen atoms in total. The Bertz CT molecular complexity index is 512. The van der Waals surface area contributed by atoms with Gasteiger partial charge in [-0.25, -0.2) is 13.2 Å². The van der Waals surface area contributed by atoms with Crippen LogP contribution in [-0.2, 0) is 10.0 Å². The van der Waals surface area contributed by atoms with E-state index < -0.39 is 16.0 Å². The highest BCUT2D eigenvalue weighted by atomic mass is 79.9. The molecule has 0 bridgehead atoms. The molecule has 0 saturated carbocycles. The van der Waals surface area contributed by atoms with Gasteiger partial charge in [-0.3, -0.25) is 4.72 Å².